The van der Waals surface area contributed by atoms with E-state index < -0.39 is 0 Å². The van der Waals surface area contributed by atoms with E-state index in [-0.39, 0.29) is 17.8 Å². The van der Waals surface area contributed by atoms with Gasteiger partial charge in [-0.25, -0.2) is 4.39 Å². The Kier molecular flexibility index (Phi) is 4.43. The number of likely N-dealkylation sites (N-methyl/N-ethyl adjacent to an activating group) is 1. The molecule has 1 fully saturated rings. The second-order valence-corrected chi connectivity index (χ2v) is 6.80. The number of carbonyl (C=O) groups excluding carboxylic acids is 1. The Labute approximate surface area is 152 Å². The maximum absolute atomic E-state index is 14.1. The standard InChI is InChI=1S/C22H21FN2O/c1-24(15-17-9-6-8-16-7-2-3-10-18(16)17)21-13-14-25(22(21)26)20-12-5-4-11-19(20)23/h2-12,21H,13-15H2,1H3. The van der Waals surface area contributed by atoms with Gasteiger partial charge in [-0.3, -0.25) is 9.69 Å². The zero-order chi connectivity index (χ0) is 18.1. The molecule has 0 N–H and O–H groups in total. The molecule has 0 radical (unpaired) electrons. The fourth-order valence-corrected chi connectivity index (χ4v) is 3.79. The lowest BCUT2D eigenvalue weighted by Gasteiger charge is -2.24. The van der Waals surface area contributed by atoms with Crippen LogP contribution in [0.2, 0.25) is 0 Å². The second-order valence-electron chi connectivity index (χ2n) is 6.80. The number of benzene rings is 3. The Hall–Kier alpha value is -2.72. The number of carbonyl (C=O) groups is 1. The highest BCUT2D eigenvalue weighted by Gasteiger charge is 2.36. The molecule has 3 aromatic carbocycles. The molecule has 1 unspecified atom stereocenters. The van der Waals surface area contributed by atoms with Gasteiger partial charge in [0, 0.05) is 13.1 Å². The fraction of sp³-hybridized carbons (Fsp3) is 0.227. The van der Waals surface area contributed by atoms with E-state index in [0.29, 0.717) is 25.2 Å². The minimum absolute atomic E-state index is 0.0298. The Morgan fingerprint density at radius 1 is 1.04 bits per heavy atom. The Morgan fingerprint density at radius 2 is 1.77 bits per heavy atom. The first kappa shape index (κ1) is 16.7. The van der Waals surface area contributed by atoms with Crippen molar-refractivity contribution in [2.75, 3.05) is 18.5 Å². The van der Waals surface area contributed by atoms with Crippen molar-refractivity contribution in [3.8, 4) is 0 Å². The van der Waals surface area contributed by atoms with Crippen molar-refractivity contribution < 1.29 is 9.18 Å². The summed E-state index contributed by atoms with van der Waals surface area (Å²) in [5, 5.41) is 2.40. The number of para-hydroxylation sites is 1. The Bertz CT molecular complexity index is 950. The van der Waals surface area contributed by atoms with Crippen molar-refractivity contribution in [3.05, 3.63) is 78.1 Å². The van der Waals surface area contributed by atoms with Crippen molar-refractivity contribution in [1.82, 2.24) is 4.90 Å². The molecule has 1 aliphatic rings. The lowest BCUT2D eigenvalue weighted by Crippen LogP contribution is -2.39. The monoisotopic (exact) mass is 348 g/mol. The number of fused-ring (bicyclic) bond motifs is 1. The molecule has 3 aromatic rings. The summed E-state index contributed by atoms with van der Waals surface area (Å²) in [5.41, 5.74) is 1.57. The molecule has 4 heteroatoms. The van der Waals surface area contributed by atoms with E-state index in [1.165, 1.54) is 22.4 Å². The highest BCUT2D eigenvalue weighted by Crippen LogP contribution is 2.28. The van der Waals surface area contributed by atoms with Crippen LogP contribution in [0.4, 0.5) is 10.1 Å². The van der Waals surface area contributed by atoms with E-state index in [9.17, 15) is 9.18 Å². The summed E-state index contributed by atoms with van der Waals surface area (Å²) in [6, 6.07) is 20.8. The van der Waals surface area contributed by atoms with Crippen LogP contribution in [-0.2, 0) is 11.3 Å². The van der Waals surface area contributed by atoms with Gasteiger partial charge < -0.3 is 4.90 Å². The summed E-state index contributed by atoms with van der Waals surface area (Å²) in [4.78, 5) is 16.5. The van der Waals surface area contributed by atoms with Crippen LogP contribution in [0.1, 0.15) is 12.0 Å². The summed E-state index contributed by atoms with van der Waals surface area (Å²) >= 11 is 0. The molecule has 0 bridgehead atoms. The summed E-state index contributed by atoms with van der Waals surface area (Å²) in [7, 11) is 1.97. The minimum Gasteiger partial charge on any atom is -0.308 e. The number of hydrogen-bond acceptors (Lipinski definition) is 2. The number of hydrogen-bond donors (Lipinski definition) is 0. The van der Waals surface area contributed by atoms with Crippen LogP contribution in [-0.4, -0.2) is 30.4 Å². The molecular weight excluding hydrogens is 327 g/mol. The average molecular weight is 348 g/mol. The van der Waals surface area contributed by atoms with Gasteiger partial charge in [0.1, 0.15) is 5.82 Å². The van der Waals surface area contributed by atoms with Crippen molar-refractivity contribution in [3.63, 3.8) is 0 Å². The van der Waals surface area contributed by atoms with Gasteiger partial charge in [0.05, 0.1) is 11.7 Å². The van der Waals surface area contributed by atoms with Crippen LogP contribution in [0.15, 0.2) is 66.7 Å². The van der Waals surface area contributed by atoms with E-state index in [2.05, 4.69) is 29.2 Å². The predicted molar refractivity (Wildman–Crippen MR) is 103 cm³/mol. The summed E-state index contributed by atoms with van der Waals surface area (Å²) < 4.78 is 14.1. The Balaban J connectivity index is 1.55. The van der Waals surface area contributed by atoms with Crippen LogP contribution in [0.3, 0.4) is 0 Å². The molecule has 0 spiro atoms. The van der Waals surface area contributed by atoms with Gasteiger partial charge >= 0.3 is 0 Å². The molecule has 26 heavy (non-hydrogen) atoms. The molecule has 4 rings (SSSR count). The van der Waals surface area contributed by atoms with E-state index >= 15 is 0 Å². The fourth-order valence-electron chi connectivity index (χ4n) is 3.79. The molecule has 1 amide bonds. The third-order valence-electron chi connectivity index (χ3n) is 5.15. The zero-order valence-corrected chi connectivity index (χ0v) is 14.7. The number of anilines is 1. The van der Waals surface area contributed by atoms with Gasteiger partial charge in [0.25, 0.3) is 0 Å². The van der Waals surface area contributed by atoms with E-state index in [1.54, 1.807) is 23.1 Å². The normalized spacial score (nSPS) is 17.4. The molecule has 1 atom stereocenters. The number of rotatable bonds is 4. The molecule has 132 valence electrons. The first-order valence-electron chi connectivity index (χ1n) is 8.88. The molecule has 1 saturated heterocycles. The summed E-state index contributed by atoms with van der Waals surface area (Å²) in [6.07, 6.45) is 0.703. The maximum atomic E-state index is 14.1. The van der Waals surface area contributed by atoms with Crippen molar-refractivity contribution in [2.24, 2.45) is 0 Å². The second kappa shape index (κ2) is 6.89. The smallest absolute Gasteiger partial charge is 0.244 e. The average Bonchev–Trinajstić information content (AvgIpc) is 3.04. The topological polar surface area (TPSA) is 23.6 Å². The SMILES string of the molecule is CN(Cc1cccc2ccccc12)C1CCN(c2ccccc2F)C1=O. The lowest BCUT2D eigenvalue weighted by molar-refractivity contribution is -0.121. The van der Waals surface area contributed by atoms with Crippen LogP contribution in [0.5, 0.6) is 0 Å². The zero-order valence-electron chi connectivity index (χ0n) is 14.7. The molecular formula is C22H21FN2O. The predicted octanol–water partition coefficient (Wildman–Crippen LogP) is 4.22. The van der Waals surface area contributed by atoms with Gasteiger partial charge in [-0.05, 0) is 41.9 Å². The van der Waals surface area contributed by atoms with Gasteiger partial charge in [0.2, 0.25) is 5.91 Å². The van der Waals surface area contributed by atoms with Gasteiger partial charge in [-0.15, -0.1) is 0 Å². The molecule has 0 saturated carbocycles. The van der Waals surface area contributed by atoms with Crippen LogP contribution in [0.25, 0.3) is 10.8 Å². The van der Waals surface area contributed by atoms with Crippen LogP contribution in [0, 0.1) is 5.82 Å². The van der Waals surface area contributed by atoms with E-state index in [4.69, 9.17) is 0 Å². The van der Waals surface area contributed by atoms with Gasteiger partial charge in [0.15, 0.2) is 0 Å². The van der Waals surface area contributed by atoms with E-state index in [1.807, 2.05) is 25.2 Å². The highest BCUT2D eigenvalue weighted by atomic mass is 19.1. The quantitative estimate of drug-likeness (QED) is 0.705. The summed E-state index contributed by atoms with van der Waals surface area (Å²) in [5.74, 6) is -0.379. The number of halogens is 1. The van der Waals surface area contributed by atoms with Gasteiger partial charge in [-0.2, -0.15) is 0 Å². The number of nitrogens with zero attached hydrogens (tertiary/aromatic N) is 2. The third-order valence-corrected chi connectivity index (χ3v) is 5.15. The van der Waals surface area contributed by atoms with Crippen LogP contribution < -0.4 is 4.90 Å². The third kappa shape index (κ3) is 2.97. The highest BCUT2D eigenvalue weighted by molar-refractivity contribution is 5.99. The van der Waals surface area contributed by atoms with Crippen molar-refractivity contribution >= 4 is 22.4 Å². The first-order chi connectivity index (χ1) is 12.6. The van der Waals surface area contributed by atoms with Crippen LogP contribution >= 0.6 is 0 Å². The van der Waals surface area contributed by atoms with Gasteiger partial charge in [-0.1, -0.05) is 54.6 Å². The molecule has 0 aromatic heterocycles. The molecule has 0 aliphatic carbocycles. The molecule has 1 heterocycles. The molecule has 3 nitrogen and oxygen atoms in total. The minimum atomic E-state index is -0.349. The summed E-state index contributed by atoms with van der Waals surface area (Å²) in [6.45, 7) is 1.23. The largest absolute Gasteiger partial charge is 0.308 e. The Morgan fingerprint density at radius 3 is 2.62 bits per heavy atom. The van der Waals surface area contributed by atoms with Crippen molar-refractivity contribution in [1.29, 1.82) is 0 Å². The lowest BCUT2D eigenvalue weighted by atomic mass is 10.0. The number of amides is 1. The van der Waals surface area contributed by atoms with E-state index in [0.717, 1.165) is 0 Å². The molecule has 1 aliphatic heterocycles. The maximum Gasteiger partial charge on any atom is 0.244 e. The van der Waals surface area contributed by atoms with Crippen molar-refractivity contribution in [2.45, 2.75) is 19.0 Å². The first-order valence-corrected chi connectivity index (χ1v) is 8.88.